The third-order valence-electron chi connectivity index (χ3n) is 3.24. The van der Waals surface area contributed by atoms with Crippen LogP contribution in [0.2, 0.25) is 0 Å². The van der Waals surface area contributed by atoms with Gasteiger partial charge in [0.2, 0.25) is 0 Å². The fourth-order valence-corrected chi connectivity index (χ4v) is 2.73. The summed E-state index contributed by atoms with van der Waals surface area (Å²) in [5, 5.41) is 0. The molecule has 14 heavy (non-hydrogen) atoms. The molecule has 0 N–H and O–H groups in total. The molecule has 0 aromatic heterocycles. The Bertz CT molecular complexity index is 187. The third-order valence-corrected chi connectivity index (χ3v) is 3.24. The van der Waals surface area contributed by atoms with Crippen LogP contribution in [-0.4, -0.2) is 5.78 Å². The molecule has 1 rings (SSSR count). The van der Waals surface area contributed by atoms with Gasteiger partial charge in [0.15, 0.2) is 0 Å². The van der Waals surface area contributed by atoms with Gasteiger partial charge in [-0.05, 0) is 23.7 Å². The van der Waals surface area contributed by atoms with E-state index < -0.39 is 0 Å². The van der Waals surface area contributed by atoms with Crippen LogP contribution in [0.1, 0.15) is 40.0 Å². The predicted octanol–water partition coefficient (Wildman–Crippen LogP) is 3.30. The zero-order valence-electron chi connectivity index (χ0n) is 9.97. The Morgan fingerprint density at radius 1 is 1.43 bits per heavy atom. The van der Waals surface area contributed by atoms with Crippen LogP contribution in [0, 0.1) is 31.6 Å². The van der Waals surface area contributed by atoms with E-state index in [1.54, 1.807) is 0 Å². The van der Waals surface area contributed by atoms with Gasteiger partial charge in [-0.15, -0.1) is 0 Å². The number of carbonyl (C=O) groups is 1. The molecule has 0 amide bonds. The van der Waals surface area contributed by atoms with E-state index in [-0.39, 0.29) is 57.3 Å². The van der Waals surface area contributed by atoms with Crippen LogP contribution in [0.15, 0.2) is 0 Å². The van der Waals surface area contributed by atoms with Crippen LogP contribution in [0.25, 0.3) is 0 Å². The molecule has 1 radical (unpaired) electrons. The summed E-state index contributed by atoms with van der Waals surface area (Å²) in [6.45, 7) is 10.1. The maximum atomic E-state index is 11.3. The minimum absolute atomic E-state index is 0. The Morgan fingerprint density at radius 3 is 2.21 bits per heavy atom. The Kier molecular flexibility index (Phi) is 7.64. The number of carbonyl (C=O) groups excluding carboxylic acids is 1. The topological polar surface area (TPSA) is 17.1 Å². The second kappa shape index (κ2) is 6.28. The van der Waals surface area contributed by atoms with E-state index in [1.807, 2.05) is 0 Å². The molecule has 1 aliphatic rings. The van der Waals surface area contributed by atoms with Crippen LogP contribution in [0.3, 0.4) is 0 Å². The van der Waals surface area contributed by atoms with Crippen molar-refractivity contribution in [3.8, 4) is 0 Å². The molecule has 0 aliphatic heterocycles. The van der Waals surface area contributed by atoms with E-state index in [2.05, 4.69) is 27.7 Å². The Morgan fingerprint density at radius 2 is 1.93 bits per heavy atom. The summed E-state index contributed by atoms with van der Waals surface area (Å²) in [6.07, 6.45) is 3.62. The van der Waals surface area contributed by atoms with Gasteiger partial charge in [-0.3, -0.25) is 0 Å². The van der Waals surface area contributed by atoms with Crippen molar-refractivity contribution in [1.29, 1.82) is 0 Å². The number of hydrogen-bond acceptors (Lipinski definition) is 1. The molecule has 0 bridgehead atoms. The largest absolute Gasteiger partial charge is 0.358 e. The summed E-state index contributed by atoms with van der Waals surface area (Å²) in [6, 6.07) is 0. The monoisotopic (exact) mass is 271 g/mol. The van der Waals surface area contributed by atoms with Crippen LogP contribution >= 0.6 is 0 Å². The van der Waals surface area contributed by atoms with Gasteiger partial charge in [-0.2, -0.15) is 0 Å². The predicted molar refractivity (Wildman–Crippen MR) is 57.1 cm³/mol. The summed E-state index contributed by atoms with van der Waals surface area (Å²) in [7, 11) is 0. The molecule has 2 unspecified atom stereocenters. The van der Waals surface area contributed by atoms with Crippen LogP contribution in [0.5, 0.6) is 0 Å². The van der Waals surface area contributed by atoms with Gasteiger partial charge < -0.3 is 19.1 Å². The van der Waals surface area contributed by atoms with Crippen molar-refractivity contribution >= 4 is 5.78 Å². The SMILES string of the molecule is [CH2-]C(=O)C1C(C)CCCC1(C)C.[CH3-].[Y]. The smallest absolute Gasteiger partial charge is 0.0000575 e. The number of ketones is 1. The standard InChI is InChI=1S/C11H19O.CH3.Y/c1-8-6-5-7-11(3,4)10(8)9(2)12;;/h8,10H,2,5-7H2,1,3-4H3;1H3;/q2*-1;. The quantitative estimate of drug-likeness (QED) is 0.669. The average molecular weight is 271 g/mol. The van der Waals surface area contributed by atoms with E-state index in [4.69, 9.17) is 0 Å². The Labute approximate surface area is 114 Å². The molecule has 0 spiro atoms. The summed E-state index contributed by atoms with van der Waals surface area (Å²) >= 11 is 0. The van der Waals surface area contributed by atoms with E-state index >= 15 is 0 Å². The molecular formula is C12H22OY-2. The fraction of sp³-hybridized carbons (Fsp3) is 0.750. The molecule has 81 valence electrons. The molecule has 0 saturated heterocycles. The molecule has 2 heteroatoms. The molecule has 0 aromatic rings. The molecule has 0 heterocycles. The van der Waals surface area contributed by atoms with Gasteiger partial charge in [0.1, 0.15) is 0 Å². The second-order valence-corrected chi connectivity index (χ2v) is 4.80. The fourth-order valence-electron chi connectivity index (χ4n) is 2.73. The van der Waals surface area contributed by atoms with Crippen molar-refractivity contribution in [2.75, 3.05) is 0 Å². The summed E-state index contributed by atoms with van der Waals surface area (Å²) in [4.78, 5) is 11.3. The van der Waals surface area contributed by atoms with Gasteiger partial charge in [0, 0.05) is 38.5 Å². The molecule has 1 aliphatic carbocycles. The Balaban J connectivity index is 0. The second-order valence-electron chi connectivity index (χ2n) is 4.80. The minimum Gasteiger partial charge on any atom is -0.358 e. The Hall–Kier alpha value is 0.644. The van der Waals surface area contributed by atoms with E-state index in [0.717, 1.165) is 0 Å². The van der Waals surface area contributed by atoms with Gasteiger partial charge in [-0.25, -0.2) is 0 Å². The van der Waals surface area contributed by atoms with Crippen molar-refractivity contribution in [1.82, 2.24) is 0 Å². The maximum absolute atomic E-state index is 11.3. The van der Waals surface area contributed by atoms with Gasteiger partial charge >= 0.3 is 0 Å². The summed E-state index contributed by atoms with van der Waals surface area (Å²) in [5.41, 5.74) is 0.177. The first kappa shape index (κ1) is 17.1. The molecule has 1 fully saturated rings. The molecule has 2 atom stereocenters. The first-order chi connectivity index (χ1) is 5.45. The van der Waals surface area contributed by atoms with Gasteiger partial charge in [0.25, 0.3) is 0 Å². The number of rotatable bonds is 1. The molecule has 1 saturated carbocycles. The van der Waals surface area contributed by atoms with Crippen molar-refractivity contribution in [2.24, 2.45) is 17.3 Å². The normalized spacial score (nSPS) is 29.6. The zero-order valence-corrected chi connectivity index (χ0v) is 12.8. The number of hydrogen-bond donors (Lipinski definition) is 0. The van der Waals surface area contributed by atoms with E-state index in [1.165, 1.54) is 19.3 Å². The van der Waals surface area contributed by atoms with Gasteiger partial charge in [-0.1, -0.05) is 33.6 Å². The summed E-state index contributed by atoms with van der Waals surface area (Å²) in [5.74, 6) is 0.845. The van der Waals surface area contributed by atoms with Crippen molar-refractivity contribution in [3.63, 3.8) is 0 Å². The van der Waals surface area contributed by atoms with E-state index in [0.29, 0.717) is 5.92 Å². The molecule has 0 aromatic carbocycles. The molecular weight excluding hydrogens is 249 g/mol. The first-order valence-electron chi connectivity index (χ1n) is 4.81. The third kappa shape index (κ3) is 3.66. The van der Waals surface area contributed by atoms with Crippen LogP contribution in [0.4, 0.5) is 0 Å². The number of Topliss-reactive ketones (excluding diaryl/α,β-unsaturated/α-hetero) is 1. The average Bonchev–Trinajstić information content (AvgIpc) is 1.82. The van der Waals surface area contributed by atoms with Crippen LogP contribution < -0.4 is 0 Å². The van der Waals surface area contributed by atoms with Gasteiger partial charge in [0.05, 0.1) is 0 Å². The minimum atomic E-state index is 0. The zero-order chi connectivity index (χ0) is 9.35. The van der Waals surface area contributed by atoms with E-state index in [9.17, 15) is 4.79 Å². The van der Waals surface area contributed by atoms with Crippen LogP contribution in [-0.2, 0) is 37.5 Å². The van der Waals surface area contributed by atoms with Crippen molar-refractivity contribution < 1.29 is 37.5 Å². The first-order valence-corrected chi connectivity index (χ1v) is 4.81. The molecule has 1 nitrogen and oxygen atoms in total. The van der Waals surface area contributed by atoms with Crippen molar-refractivity contribution in [2.45, 2.75) is 40.0 Å². The maximum Gasteiger partial charge on any atom is 0.0000575 e. The summed E-state index contributed by atoms with van der Waals surface area (Å²) < 4.78 is 0. The van der Waals surface area contributed by atoms with Crippen molar-refractivity contribution in [3.05, 3.63) is 14.4 Å².